The first-order valence-electron chi connectivity index (χ1n) is 6.86. The number of aryl methyl sites for hydroxylation is 1. The summed E-state index contributed by atoms with van der Waals surface area (Å²) in [5.41, 5.74) is 1.17. The van der Waals surface area contributed by atoms with Crippen LogP contribution in [0.1, 0.15) is 25.8 Å². The van der Waals surface area contributed by atoms with E-state index in [1.807, 2.05) is 0 Å². The number of benzene rings is 1. The average molecular weight is 335 g/mol. The molecule has 7 heteroatoms. The summed E-state index contributed by atoms with van der Waals surface area (Å²) in [6, 6.07) is 4.87. The molecule has 0 bridgehead atoms. The molecular weight excluding hydrogens is 315 g/mol. The van der Waals surface area contributed by atoms with Crippen LogP contribution in [0.25, 0.3) is 0 Å². The number of rotatable bonds is 6. The molecule has 1 rings (SSSR count). The van der Waals surface area contributed by atoms with Gasteiger partial charge in [-0.2, -0.15) is 13.2 Å². The van der Waals surface area contributed by atoms with Gasteiger partial charge in [0.15, 0.2) is 0 Å². The van der Waals surface area contributed by atoms with E-state index in [-0.39, 0.29) is 12.3 Å². The molecule has 1 unspecified atom stereocenters. The van der Waals surface area contributed by atoms with Crippen LogP contribution in [0.3, 0.4) is 0 Å². The van der Waals surface area contributed by atoms with Crippen LogP contribution in [0.5, 0.6) is 0 Å². The first kappa shape index (κ1) is 18.8. The summed E-state index contributed by atoms with van der Waals surface area (Å²) in [4.78, 5) is 12.2. The minimum atomic E-state index is -4.27. The molecule has 0 saturated heterocycles. The maximum atomic E-state index is 12.3. The third-order valence-corrected chi connectivity index (χ3v) is 4.10. The average Bonchev–Trinajstić information content (AvgIpc) is 2.36. The molecule has 1 atom stereocenters. The fraction of sp³-hybridized carbons (Fsp3) is 0.533. The first-order valence-corrected chi connectivity index (χ1v) is 7.85. The molecule has 1 aromatic carbocycles. The second-order valence-corrected chi connectivity index (χ2v) is 6.48. The van der Waals surface area contributed by atoms with Crippen LogP contribution in [-0.2, 0) is 4.79 Å². The van der Waals surface area contributed by atoms with Gasteiger partial charge in [-0.3, -0.25) is 4.79 Å². The number of nitrogens with one attached hydrogen (secondary N) is 1. The minimum absolute atomic E-state index is 0.0673. The van der Waals surface area contributed by atoms with Crippen LogP contribution in [0, 0.1) is 12.8 Å². The van der Waals surface area contributed by atoms with Crippen molar-refractivity contribution in [2.45, 2.75) is 44.4 Å². The molecule has 22 heavy (non-hydrogen) atoms. The van der Waals surface area contributed by atoms with Crippen LogP contribution in [0.2, 0.25) is 0 Å². The Labute approximate surface area is 132 Å². The highest BCUT2D eigenvalue weighted by molar-refractivity contribution is 7.99. The van der Waals surface area contributed by atoms with E-state index < -0.39 is 23.9 Å². The number of hydrogen-bond donors (Lipinski definition) is 2. The van der Waals surface area contributed by atoms with Crippen LogP contribution < -0.4 is 5.32 Å². The number of thioether (sulfide) groups is 1. The minimum Gasteiger partial charge on any atom is -0.392 e. The maximum Gasteiger partial charge on any atom is 0.398 e. The van der Waals surface area contributed by atoms with Gasteiger partial charge in [0.05, 0.1) is 24.0 Å². The fourth-order valence-corrected chi connectivity index (χ4v) is 2.40. The van der Waals surface area contributed by atoms with Gasteiger partial charge in [-0.1, -0.05) is 19.9 Å². The van der Waals surface area contributed by atoms with E-state index in [4.69, 9.17) is 0 Å². The van der Waals surface area contributed by atoms with E-state index in [1.165, 1.54) is 0 Å². The first-order chi connectivity index (χ1) is 10.1. The van der Waals surface area contributed by atoms with Gasteiger partial charge in [0.25, 0.3) is 0 Å². The Bertz CT molecular complexity index is 518. The summed E-state index contributed by atoms with van der Waals surface area (Å²) < 4.78 is 37.0. The molecule has 0 spiro atoms. The highest BCUT2D eigenvalue weighted by Crippen LogP contribution is 2.33. The van der Waals surface area contributed by atoms with Crippen molar-refractivity contribution < 1.29 is 23.1 Å². The van der Waals surface area contributed by atoms with Crippen molar-refractivity contribution >= 4 is 23.4 Å². The normalized spacial score (nSPS) is 13.3. The van der Waals surface area contributed by atoms with Crippen LogP contribution in [-0.4, -0.2) is 29.0 Å². The summed E-state index contributed by atoms with van der Waals surface area (Å²) in [5, 5.41) is 12.3. The topological polar surface area (TPSA) is 49.3 Å². The zero-order valence-electron chi connectivity index (χ0n) is 12.7. The SMILES string of the molecule is Cc1ccc(SCC(F)(F)F)c(NC(=O)CC(O)C(C)C)c1. The van der Waals surface area contributed by atoms with Gasteiger partial charge in [0, 0.05) is 4.90 Å². The summed E-state index contributed by atoms with van der Waals surface area (Å²) >= 11 is 0.628. The summed E-state index contributed by atoms with van der Waals surface area (Å²) in [6.07, 6.45) is -5.14. The van der Waals surface area contributed by atoms with Crippen LogP contribution in [0.4, 0.5) is 18.9 Å². The third kappa shape index (κ3) is 6.70. The summed E-state index contributed by atoms with van der Waals surface area (Å²) in [7, 11) is 0. The molecule has 0 aromatic heterocycles. The Morgan fingerprint density at radius 1 is 1.36 bits per heavy atom. The van der Waals surface area contributed by atoms with E-state index in [0.29, 0.717) is 22.3 Å². The summed E-state index contributed by atoms with van der Waals surface area (Å²) in [5.74, 6) is -1.50. The van der Waals surface area contributed by atoms with E-state index in [0.717, 1.165) is 5.56 Å². The van der Waals surface area contributed by atoms with Gasteiger partial charge < -0.3 is 10.4 Å². The smallest absolute Gasteiger partial charge is 0.392 e. The molecule has 0 fully saturated rings. The molecule has 0 saturated carbocycles. The molecule has 3 nitrogen and oxygen atoms in total. The molecular formula is C15H20F3NO2S. The molecule has 1 aromatic rings. The maximum absolute atomic E-state index is 12.3. The largest absolute Gasteiger partial charge is 0.398 e. The Balaban J connectivity index is 2.79. The number of anilines is 1. The Hall–Kier alpha value is -1.21. The number of carbonyl (C=O) groups is 1. The van der Waals surface area contributed by atoms with Crippen LogP contribution in [0.15, 0.2) is 23.1 Å². The van der Waals surface area contributed by atoms with Crippen molar-refractivity contribution in [1.29, 1.82) is 0 Å². The Morgan fingerprint density at radius 2 is 2.00 bits per heavy atom. The number of halogens is 3. The zero-order valence-corrected chi connectivity index (χ0v) is 13.5. The predicted molar refractivity (Wildman–Crippen MR) is 82.0 cm³/mol. The molecule has 0 heterocycles. The van der Waals surface area contributed by atoms with Crippen molar-refractivity contribution in [2.75, 3.05) is 11.1 Å². The number of aliphatic hydroxyl groups is 1. The predicted octanol–water partition coefficient (Wildman–Crippen LogP) is 3.99. The molecule has 2 N–H and O–H groups in total. The van der Waals surface area contributed by atoms with Crippen molar-refractivity contribution in [1.82, 2.24) is 0 Å². The number of carbonyl (C=O) groups excluding carboxylic acids is 1. The molecule has 0 aliphatic rings. The Kier molecular flexibility index (Phi) is 6.74. The van der Waals surface area contributed by atoms with Crippen molar-refractivity contribution in [3.05, 3.63) is 23.8 Å². The number of amides is 1. The second-order valence-electron chi connectivity index (χ2n) is 5.47. The lowest BCUT2D eigenvalue weighted by Gasteiger charge is -2.16. The molecule has 1 amide bonds. The summed E-state index contributed by atoms with van der Waals surface area (Å²) in [6.45, 7) is 5.36. The highest BCUT2D eigenvalue weighted by Gasteiger charge is 2.28. The van der Waals surface area contributed by atoms with Gasteiger partial charge in [-0.05, 0) is 30.5 Å². The molecule has 0 aliphatic carbocycles. The Morgan fingerprint density at radius 3 is 2.55 bits per heavy atom. The standard InChI is InChI=1S/C15H20F3NO2S/c1-9(2)12(20)7-14(21)19-11-6-10(3)4-5-13(11)22-8-15(16,17)18/h4-6,9,12,20H,7-8H2,1-3H3,(H,19,21). The zero-order chi connectivity index (χ0) is 16.9. The number of alkyl halides is 3. The lowest BCUT2D eigenvalue weighted by atomic mass is 10.0. The number of aliphatic hydroxyl groups excluding tert-OH is 1. The quantitative estimate of drug-likeness (QED) is 0.773. The van der Waals surface area contributed by atoms with E-state index in [1.54, 1.807) is 39.0 Å². The highest BCUT2D eigenvalue weighted by atomic mass is 32.2. The van der Waals surface area contributed by atoms with Crippen molar-refractivity contribution in [3.63, 3.8) is 0 Å². The lowest BCUT2D eigenvalue weighted by Crippen LogP contribution is -2.24. The van der Waals surface area contributed by atoms with Gasteiger partial charge in [-0.15, -0.1) is 11.8 Å². The van der Waals surface area contributed by atoms with Crippen molar-refractivity contribution in [3.8, 4) is 0 Å². The second kappa shape index (κ2) is 7.87. The van der Waals surface area contributed by atoms with E-state index in [2.05, 4.69) is 5.32 Å². The van der Waals surface area contributed by atoms with E-state index >= 15 is 0 Å². The molecule has 0 radical (unpaired) electrons. The monoisotopic (exact) mass is 335 g/mol. The molecule has 124 valence electrons. The fourth-order valence-electron chi connectivity index (χ4n) is 1.65. The van der Waals surface area contributed by atoms with Gasteiger partial charge in [0.2, 0.25) is 5.91 Å². The van der Waals surface area contributed by atoms with Crippen LogP contribution >= 0.6 is 11.8 Å². The number of hydrogen-bond acceptors (Lipinski definition) is 3. The lowest BCUT2D eigenvalue weighted by molar-refractivity contribution is -0.118. The molecule has 0 aliphatic heterocycles. The van der Waals surface area contributed by atoms with E-state index in [9.17, 15) is 23.1 Å². The van der Waals surface area contributed by atoms with Gasteiger partial charge >= 0.3 is 6.18 Å². The van der Waals surface area contributed by atoms with Crippen molar-refractivity contribution in [2.24, 2.45) is 5.92 Å². The van der Waals surface area contributed by atoms with Gasteiger partial charge in [0.1, 0.15) is 0 Å². The third-order valence-electron chi connectivity index (χ3n) is 2.96. The van der Waals surface area contributed by atoms with Gasteiger partial charge in [-0.25, -0.2) is 0 Å².